The Morgan fingerprint density at radius 2 is 2.25 bits per heavy atom. The van der Waals surface area contributed by atoms with Crippen molar-refractivity contribution in [2.24, 2.45) is 4.99 Å². The van der Waals surface area contributed by atoms with Gasteiger partial charge in [0.25, 0.3) is 0 Å². The smallest absolute Gasteiger partial charge is 0.191 e. The van der Waals surface area contributed by atoms with Crippen LogP contribution in [0.5, 0.6) is 0 Å². The van der Waals surface area contributed by atoms with Crippen molar-refractivity contribution in [1.29, 1.82) is 0 Å². The number of hydrogen-bond acceptors (Lipinski definition) is 3. The maximum Gasteiger partial charge on any atom is 0.191 e. The molecule has 3 aromatic rings. The van der Waals surface area contributed by atoms with E-state index in [0.29, 0.717) is 18.6 Å². The lowest BCUT2D eigenvalue weighted by atomic mass is 9.94. The first kappa shape index (κ1) is 18.5. The molecule has 2 heterocycles. The van der Waals surface area contributed by atoms with E-state index in [-0.39, 0.29) is 0 Å². The molecule has 0 saturated carbocycles. The van der Waals surface area contributed by atoms with Crippen molar-refractivity contribution in [3.63, 3.8) is 0 Å². The molecule has 1 aliphatic rings. The van der Waals surface area contributed by atoms with Gasteiger partial charge in [-0.05, 0) is 56.9 Å². The van der Waals surface area contributed by atoms with E-state index >= 15 is 0 Å². The van der Waals surface area contributed by atoms with Crippen molar-refractivity contribution >= 4 is 17.0 Å². The Bertz CT molecular complexity index is 996. The number of aliphatic imine (C=N–C) groups is 1. The van der Waals surface area contributed by atoms with Gasteiger partial charge in [0.2, 0.25) is 0 Å². The quantitative estimate of drug-likeness (QED) is 0.481. The number of imidazole rings is 1. The molecule has 4 rings (SSSR count). The van der Waals surface area contributed by atoms with Gasteiger partial charge in [-0.15, -0.1) is 0 Å². The van der Waals surface area contributed by atoms with Crippen LogP contribution in [0.1, 0.15) is 49.0 Å². The van der Waals surface area contributed by atoms with Crippen LogP contribution in [0.25, 0.3) is 11.0 Å². The highest BCUT2D eigenvalue weighted by Gasteiger charge is 2.23. The molecule has 2 aromatic heterocycles. The van der Waals surface area contributed by atoms with E-state index in [1.54, 1.807) is 7.05 Å². The Morgan fingerprint density at radius 3 is 3.04 bits per heavy atom. The van der Waals surface area contributed by atoms with Crippen molar-refractivity contribution < 1.29 is 0 Å². The fourth-order valence-corrected chi connectivity index (χ4v) is 3.72. The van der Waals surface area contributed by atoms with Crippen molar-refractivity contribution in [2.45, 2.75) is 58.7 Å². The van der Waals surface area contributed by atoms with Gasteiger partial charge in [0, 0.05) is 31.7 Å². The van der Waals surface area contributed by atoms with Gasteiger partial charge in [-0.3, -0.25) is 9.67 Å². The second-order valence-corrected chi connectivity index (χ2v) is 7.89. The molecule has 0 radical (unpaired) electrons. The first-order valence-corrected chi connectivity index (χ1v) is 10.0. The van der Waals surface area contributed by atoms with Crippen LogP contribution in [0.3, 0.4) is 0 Å². The fourth-order valence-electron chi connectivity index (χ4n) is 3.72. The Kier molecular flexibility index (Phi) is 5.07. The van der Waals surface area contributed by atoms with Crippen LogP contribution in [-0.4, -0.2) is 38.8 Å². The predicted molar refractivity (Wildman–Crippen MR) is 113 cm³/mol. The third-order valence-electron chi connectivity index (χ3n) is 5.30. The summed E-state index contributed by atoms with van der Waals surface area (Å²) in [5, 5.41) is 11.7. The summed E-state index contributed by atoms with van der Waals surface area (Å²) < 4.78 is 2.07. The van der Waals surface area contributed by atoms with Crippen LogP contribution in [0, 0.1) is 6.92 Å². The van der Waals surface area contributed by atoms with Gasteiger partial charge in [0.15, 0.2) is 5.96 Å². The Hall–Kier alpha value is -2.83. The lowest BCUT2D eigenvalue weighted by Crippen LogP contribution is -2.45. The van der Waals surface area contributed by atoms with Crippen molar-refractivity contribution in [1.82, 2.24) is 30.4 Å². The third kappa shape index (κ3) is 3.88. The summed E-state index contributed by atoms with van der Waals surface area (Å²) >= 11 is 0. The third-order valence-corrected chi connectivity index (χ3v) is 5.30. The van der Waals surface area contributed by atoms with E-state index in [1.165, 1.54) is 16.8 Å². The van der Waals surface area contributed by atoms with Crippen LogP contribution in [0.4, 0.5) is 0 Å². The Labute approximate surface area is 165 Å². The molecule has 1 atom stereocenters. The maximum absolute atomic E-state index is 4.76. The maximum atomic E-state index is 4.76. The van der Waals surface area contributed by atoms with Crippen LogP contribution >= 0.6 is 0 Å². The topological polar surface area (TPSA) is 82.9 Å². The first-order chi connectivity index (χ1) is 13.5. The average molecular weight is 380 g/mol. The number of aryl methyl sites for hydroxylation is 2. The summed E-state index contributed by atoms with van der Waals surface area (Å²) in [6.07, 6.45) is 5.27. The van der Waals surface area contributed by atoms with Gasteiger partial charge in [-0.25, -0.2) is 4.98 Å². The summed E-state index contributed by atoms with van der Waals surface area (Å²) in [6, 6.07) is 6.99. The Morgan fingerprint density at radius 1 is 1.39 bits per heavy atom. The number of fused-ring (bicyclic) bond motifs is 2. The van der Waals surface area contributed by atoms with E-state index in [9.17, 15) is 0 Å². The van der Waals surface area contributed by atoms with Gasteiger partial charge < -0.3 is 15.6 Å². The number of nitrogens with zero attached hydrogens (tertiary/aromatic N) is 4. The molecule has 1 unspecified atom stereocenters. The number of benzene rings is 1. The summed E-state index contributed by atoms with van der Waals surface area (Å²) in [7, 11) is 1.80. The minimum atomic E-state index is 0.340. The number of aromatic amines is 1. The summed E-state index contributed by atoms with van der Waals surface area (Å²) in [4.78, 5) is 12.4. The highest BCUT2D eigenvalue weighted by atomic mass is 15.3. The average Bonchev–Trinajstić information content (AvgIpc) is 3.27. The van der Waals surface area contributed by atoms with Gasteiger partial charge in [0.1, 0.15) is 5.82 Å². The van der Waals surface area contributed by atoms with E-state index in [4.69, 9.17) is 5.10 Å². The van der Waals surface area contributed by atoms with Crippen LogP contribution in [0.2, 0.25) is 0 Å². The normalized spacial score (nSPS) is 17.2. The molecule has 0 bridgehead atoms. The number of hydrogen-bond donors (Lipinski definition) is 3. The van der Waals surface area contributed by atoms with Gasteiger partial charge >= 0.3 is 0 Å². The highest BCUT2D eigenvalue weighted by molar-refractivity contribution is 5.80. The summed E-state index contributed by atoms with van der Waals surface area (Å²) in [6.45, 7) is 7.02. The molecule has 7 nitrogen and oxygen atoms in total. The summed E-state index contributed by atoms with van der Waals surface area (Å²) in [5.74, 6) is 1.71. The van der Waals surface area contributed by atoms with Gasteiger partial charge in [0.05, 0.1) is 23.3 Å². The van der Waals surface area contributed by atoms with Crippen molar-refractivity contribution in [3.8, 4) is 0 Å². The zero-order valence-electron chi connectivity index (χ0n) is 17.1. The fraction of sp³-hybridized carbons (Fsp3) is 0.476. The number of nitrogens with one attached hydrogen (secondary N) is 3. The number of rotatable bonds is 4. The molecule has 7 heteroatoms. The molecule has 0 spiro atoms. The Balaban J connectivity index is 1.36. The molecule has 1 aliphatic carbocycles. The monoisotopic (exact) mass is 379 g/mol. The number of aromatic nitrogens is 4. The van der Waals surface area contributed by atoms with Crippen molar-refractivity contribution in [3.05, 3.63) is 47.0 Å². The van der Waals surface area contributed by atoms with E-state index in [0.717, 1.165) is 42.1 Å². The van der Waals surface area contributed by atoms with Crippen molar-refractivity contribution in [2.75, 3.05) is 7.05 Å². The standard InChI is InChI=1S/C21H29N7/c1-13(2)28-12-15-6-7-16(10-18(15)27-28)24-21(22-4)23-11-20-25-17-8-5-14(3)9-19(17)26-20/h5,8-9,12-13,16H,6-7,10-11H2,1-4H3,(H,25,26)(H2,22,23,24). The second kappa shape index (κ2) is 7.66. The zero-order chi connectivity index (χ0) is 19.7. The van der Waals surface area contributed by atoms with E-state index < -0.39 is 0 Å². The first-order valence-electron chi connectivity index (χ1n) is 10.0. The highest BCUT2D eigenvalue weighted by Crippen LogP contribution is 2.21. The van der Waals surface area contributed by atoms with Gasteiger partial charge in [-0.1, -0.05) is 6.07 Å². The molecule has 0 saturated heterocycles. The SMILES string of the molecule is CN=C(NCc1nc2ccc(C)cc2[nH]1)NC1CCc2cn(C(C)C)nc2C1. The lowest BCUT2D eigenvalue weighted by Gasteiger charge is -2.24. The number of H-pyrrole nitrogens is 1. The van der Waals surface area contributed by atoms with Crippen LogP contribution in [-0.2, 0) is 19.4 Å². The molecule has 3 N–H and O–H groups in total. The lowest BCUT2D eigenvalue weighted by molar-refractivity contribution is 0.499. The van der Waals surface area contributed by atoms with Crippen LogP contribution in [0.15, 0.2) is 29.4 Å². The largest absolute Gasteiger partial charge is 0.353 e. The van der Waals surface area contributed by atoms with Gasteiger partial charge in [-0.2, -0.15) is 5.10 Å². The molecule has 148 valence electrons. The molecular formula is C21H29N7. The summed E-state index contributed by atoms with van der Waals surface area (Å²) in [5.41, 5.74) is 5.88. The molecule has 1 aromatic carbocycles. The zero-order valence-corrected chi connectivity index (χ0v) is 17.1. The minimum absolute atomic E-state index is 0.340. The van der Waals surface area contributed by atoms with E-state index in [2.05, 4.69) is 69.4 Å². The second-order valence-electron chi connectivity index (χ2n) is 7.89. The molecule has 0 aliphatic heterocycles. The molecular weight excluding hydrogens is 350 g/mol. The minimum Gasteiger partial charge on any atom is -0.353 e. The molecule has 28 heavy (non-hydrogen) atoms. The van der Waals surface area contributed by atoms with E-state index in [1.807, 2.05) is 6.07 Å². The molecule has 0 fully saturated rings. The number of guanidine groups is 1. The van der Waals surface area contributed by atoms with Crippen LogP contribution < -0.4 is 10.6 Å². The molecule has 0 amide bonds. The predicted octanol–water partition coefficient (Wildman–Crippen LogP) is 2.87.